The summed E-state index contributed by atoms with van der Waals surface area (Å²) in [6, 6.07) is 0. The van der Waals surface area contributed by atoms with Crippen molar-refractivity contribution >= 4 is 5.97 Å². The fourth-order valence-electron chi connectivity index (χ4n) is 1.98. The van der Waals surface area contributed by atoms with Crippen LogP contribution in [-0.2, 0) is 18.8 Å². The molecule has 0 aliphatic rings. The molecule has 0 aliphatic heterocycles. The minimum atomic E-state index is -0.511. The van der Waals surface area contributed by atoms with Crippen LogP contribution in [0.3, 0.4) is 0 Å². The molecular weight excluding hydrogens is 246 g/mol. The van der Waals surface area contributed by atoms with E-state index in [4.69, 9.17) is 4.74 Å². The van der Waals surface area contributed by atoms with E-state index in [0.29, 0.717) is 12.4 Å². The number of nitrogens with zero attached hydrogens (tertiary/aromatic N) is 5. The number of rotatable bonds is 3. The fourth-order valence-corrected chi connectivity index (χ4v) is 1.98. The molecular formula is C12H17N5O2. The number of aromatic nitrogens is 5. The van der Waals surface area contributed by atoms with Crippen molar-refractivity contribution in [3.05, 3.63) is 17.2 Å². The Balaban J connectivity index is 2.49. The van der Waals surface area contributed by atoms with Gasteiger partial charge in [0.25, 0.3) is 5.82 Å². The minimum Gasteiger partial charge on any atom is -0.460 e. The first kappa shape index (κ1) is 13.3. The molecule has 0 aromatic carbocycles. The lowest BCUT2D eigenvalue weighted by molar-refractivity contribution is 0.0512. The Labute approximate surface area is 111 Å². The maximum Gasteiger partial charge on any atom is 0.378 e. The molecule has 0 N–H and O–H groups in total. The van der Waals surface area contributed by atoms with Crippen molar-refractivity contribution < 1.29 is 9.53 Å². The third-order valence-corrected chi connectivity index (χ3v) is 2.95. The molecule has 0 spiro atoms. The zero-order chi connectivity index (χ0) is 14.2. The molecule has 7 nitrogen and oxygen atoms in total. The second-order valence-electron chi connectivity index (χ2n) is 4.27. The van der Waals surface area contributed by atoms with Gasteiger partial charge in [-0.05, 0) is 20.8 Å². The van der Waals surface area contributed by atoms with Crippen LogP contribution in [0.2, 0.25) is 0 Å². The molecule has 102 valence electrons. The number of hydrogen-bond acceptors (Lipinski definition) is 5. The van der Waals surface area contributed by atoms with Gasteiger partial charge in [0.15, 0.2) is 5.82 Å². The zero-order valence-electron chi connectivity index (χ0n) is 11.8. The van der Waals surface area contributed by atoms with Crippen LogP contribution < -0.4 is 0 Å². The van der Waals surface area contributed by atoms with Gasteiger partial charge in [-0.1, -0.05) is 0 Å². The van der Waals surface area contributed by atoms with Crippen molar-refractivity contribution in [2.24, 2.45) is 14.1 Å². The molecule has 0 aliphatic carbocycles. The monoisotopic (exact) mass is 263 g/mol. The summed E-state index contributed by atoms with van der Waals surface area (Å²) < 4.78 is 8.25. The second-order valence-corrected chi connectivity index (χ2v) is 4.27. The molecule has 0 atom stereocenters. The number of carbonyl (C=O) groups excluding carboxylic acids is 1. The quantitative estimate of drug-likeness (QED) is 0.772. The van der Waals surface area contributed by atoms with Gasteiger partial charge < -0.3 is 4.74 Å². The van der Waals surface area contributed by atoms with E-state index in [9.17, 15) is 4.79 Å². The molecule has 2 rings (SSSR count). The van der Waals surface area contributed by atoms with Crippen LogP contribution in [-0.4, -0.2) is 37.1 Å². The molecule has 7 heteroatoms. The Bertz CT molecular complexity index is 626. The predicted octanol–water partition coefficient (Wildman–Crippen LogP) is 1.01. The highest BCUT2D eigenvalue weighted by Gasteiger charge is 2.21. The van der Waals surface area contributed by atoms with Gasteiger partial charge in [-0.2, -0.15) is 5.10 Å². The Morgan fingerprint density at radius 3 is 2.42 bits per heavy atom. The first-order valence-electron chi connectivity index (χ1n) is 6.04. The summed E-state index contributed by atoms with van der Waals surface area (Å²) >= 11 is 0. The predicted molar refractivity (Wildman–Crippen MR) is 68.6 cm³/mol. The highest BCUT2D eigenvalue weighted by molar-refractivity contribution is 5.85. The van der Waals surface area contributed by atoms with E-state index in [-0.39, 0.29) is 5.82 Å². The van der Waals surface area contributed by atoms with Gasteiger partial charge >= 0.3 is 5.97 Å². The van der Waals surface area contributed by atoms with Crippen molar-refractivity contribution in [1.29, 1.82) is 0 Å². The van der Waals surface area contributed by atoms with E-state index in [1.54, 1.807) is 23.3 Å². The number of aryl methyl sites for hydroxylation is 3. The van der Waals surface area contributed by atoms with Crippen molar-refractivity contribution in [1.82, 2.24) is 24.5 Å². The Hall–Kier alpha value is -2.18. The summed E-state index contributed by atoms with van der Waals surface area (Å²) in [5.74, 6) is 0.178. The summed E-state index contributed by atoms with van der Waals surface area (Å²) in [5, 5.41) is 8.43. The summed E-state index contributed by atoms with van der Waals surface area (Å²) in [5.41, 5.74) is 2.72. The van der Waals surface area contributed by atoms with E-state index in [2.05, 4.69) is 15.2 Å². The molecule has 19 heavy (non-hydrogen) atoms. The molecule has 2 aromatic rings. The Morgan fingerprint density at radius 2 is 1.89 bits per heavy atom. The minimum absolute atomic E-state index is 0.0713. The second kappa shape index (κ2) is 4.83. The standard InChI is InChI=1S/C12H17N5O2/c1-6-19-12(18)10-13-11(17(5)15-10)9-7(2)14-16(4)8(9)3/h6H2,1-5H3. The topological polar surface area (TPSA) is 74.8 Å². The number of hydrogen-bond donors (Lipinski definition) is 0. The van der Waals surface area contributed by atoms with Crippen LogP contribution in [0.4, 0.5) is 0 Å². The molecule has 0 fully saturated rings. The van der Waals surface area contributed by atoms with Crippen LogP contribution in [0.1, 0.15) is 28.9 Å². The summed E-state index contributed by atoms with van der Waals surface area (Å²) in [4.78, 5) is 15.9. The largest absolute Gasteiger partial charge is 0.460 e. The van der Waals surface area contributed by atoms with Crippen LogP contribution in [0.25, 0.3) is 11.4 Å². The van der Waals surface area contributed by atoms with Gasteiger partial charge in [0, 0.05) is 19.8 Å². The van der Waals surface area contributed by atoms with Gasteiger partial charge in [-0.15, -0.1) is 5.10 Å². The van der Waals surface area contributed by atoms with Crippen molar-refractivity contribution in [2.45, 2.75) is 20.8 Å². The summed E-state index contributed by atoms with van der Waals surface area (Å²) in [6.45, 7) is 5.91. The van der Waals surface area contributed by atoms with Crippen LogP contribution in [0.5, 0.6) is 0 Å². The molecule has 0 bridgehead atoms. The van der Waals surface area contributed by atoms with Gasteiger partial charge in [-0.25, -0.2) is 14.5 Å². The SMILES string of the molecule is CCOC(=O)c1nc(-c2c(C)nn(C)c2C)n(C)n1. The van der Waals surface area contributed by atoms with Gasteiger partial charge in [-0.3, -0.25) is 4.68 Å². The third-order valence-electron chi connectivity index (χ3n) is 2.95. The van der Waals surface area contributed by atoms with Crippen LogP contribution >= 0.6 is 0 Å². The Morgan fingerprint density at radius 1 is 1.21 bits per heavy atom. The van der Waals surface area contributed by atoms with Crippen LogP contribution in [0, 0.1) is 13.8 Å². The molecule has 0 unspecified atom stereocenters. The van der Waals surface area contributed by atoms with E-state index in [1.807, 2.05) is 20.9 Å². The summed E-state index contributed by atoms with van der Waals surface area (Å²) in [6.07, 6.45) is 0. The van der Waals surface area contributed by atoms with Gasteiger partial charge in [0.2, 0.25) is 0 Å². The summed E-state index contributed by atoms with van der Waals surface area (Å²) in [7, 11) is 3.62. The Kier molecular flexibility index (Phi) is 3.37. The lowest BCUT2D eigenvalue weighted by Gasteiger charge is -2.00. The average Bonchev–Trinajstić information content (AvgIpc) is 2.82. The third kappa shape index (κ3) is 2.23. The molecule has 0 saturated carbocycles. The van der Waals surface area contributed by atoms with Crippen molar-refractivity contribution in [2.75, 3.05) is 6.61 Å². The van der Waals surface area contributed by atoms with E-state index >= 15 is 0 Å². The molecule has 0 radical (unpaired) electrons. The first-order chi connectivity index (χ1) is 8.95. The molecule has 0 saturated heterocycles. The van der Waals surface area contributed by atoms with E-state index < -0.39 is 5.97 Å². The molecule has 2 aromatic heterocycles. The smallest absolute Gasteiger partial charge is 0.378 e. The maximum absolute atomic E-state index is 11.6. The lowest BCUT2D eigenvalue weighted by Crippen LogP contribution is -2.07. The number of esters is 1. The van der Waals surface area contributed by atoms with E-state index in [1.165, 1.54) is 0 Å². The normalized spacial score (nSPS) is 10.8. The average molecular weight is 263 g/mol. The van der Waals surface area contributed by atoms with Crippen molar-refractivity contribution in [3.63, 3.8) is 0 Å². The van der Waals surface area contributed by atoms with Crippen molar-refractivity contribution in [3.8, 4) is 11.4 Å². The number of ether oxygens (including phenoxy) is 1. The number of carbonyl (C=O) groups is 1. The highest BCUT2D eigenvalue weighted by atomic mass is 16.5. The molecule has 2 heterocycles. The maximum atomic E-state index is 11.6. The zero-order valence-corrected chi connectivity index (χ0v) is 11.8. The first-order valence-corrected chi connectivity index (χ1v) is 6.04. The highest BCUT2D eigenvalue weighted by Crippen LogP contribution is 2.24. The van der Waals surface area contributed by atoms with Gasteiger partial charge in [0.1, 0.15) is 0 Å². The lowest BCUT2D eigenvalue weighted by atomic mass is 10.2. The van der Waals surface area contributed by atoms with Crippen LogP contribution in [0.15, 0.2) is 0 Å². The molecule has 0 amide bonds. The fraction of sp³-hybridized carbons (Fsp3) is 0.500. The van der Waals surface area contributed by atoms with E-state index in [0.717, 1.165) is 17.0 Å². The van der Waals surface area contributed by atoms with Gasteiger partial charge in [0.05, 0.1) is 17.9 Å².